The summed E-state index contributed by atoms with van der Waals surface area (Å²) in [6.07, 6.45) is 10.5. The molecule has 1 aromatic carbocycles. The summed E-state index contributed by atoms with van der Waals surface area (Å²) >= 11 is 0. The molecule has 142 valence electrons. The molecule has 0 aliphatic carbocycles. The average Bonchev–Trinajstić information content (AvgIpc) is 2.68. The van der Waals surface area contributed by atoms with Gasteiger partial charge in [0.1, 0.15) is 5.69 Å². The number of benzene rings is 1. The fourth-order valence-corrected chi connectivity index (χ4v) is 2.59. The van der Waals surface area contributed by atoms with Crippen LogP contribution in [0.3, 0.4) is 0 Å². The van der Waals surface area contributed by atoms with E-state index in [0.29, 0.717) is 5.69 Å². The first-order chi connectivity index (χ1) is 13.0. The highest BCUT2D eigenvalue weighted by molar-refractivity contribution is 6.03. The number of anilines is 1. The zero-order valence-electron chi connectivity index (χ0n) is 16.9. The van der Waals surface area contributed by atoms with Gasteiger partial charge in [-0.05, 0) is 68.5 Å². The lowest BCUT2D eigenvalue weighted by Crippen LogP contribution is -2.14. The first-order valence-electron chi connectivity index (χ1n) is 9.75. The van der Waals surface area contributed by atoms with Gasteiger partial charge in [0.05, 0.1) is 5.69 Å². The van der Waals surface area contributed by atoms with Gasteiger partial charge in [-0.15, -0.1) is 0 Å². The lowest BCUT2D eigenvalue weighted by Gasteiger charge is -2.08. The zero-order chi connectivity index (χ0) is 19.6. The summed E-state index contributed by atoms with van der Waals surface area (Å²) in [6.45, 7) is 8.42. The third-order valence-electron chi connectivity index (χ3n) is 4.59. The number of hydrogen-bond acceptors (Lipinski definition) is 2. The number of aromatic nitrogens is 1. The summed E-state index contributed by atoms with van der Waals surface area (Å²) in [5, 5.41) is 2.93. The van der Waals surface area contributed by atoms with Gasteiger partial charge < -0.3 is 5.32 Å². The Morgan fingerprint density at radius 1 is 1.11 bits per heavy atom. The fourth-order valence-electron chi connectivity index (χ4n) is 2.59. The van der Waals surface area contributed by atoms with Gasteiger partial charge in [-0.3, -0.25) is 4.79 Å². The molecule has 0 aliphatic heterocycles. The topological polar surface area (TPSA) is 42.0 Å². The first-order valence-corrected chi connectivity index (χ1v) is 9.75. The van der Waals surface area contributed by atoms with E-state index in [1.807, 2.05) is 37.3 Å². The fraction of sp³-hybridized carbons (Fsp3) is 0.333. The number of unbranched alkanes of at least 4 members (excludes halogenated alkanes) is 1. The number of nitrogens with one attached hydrogen (secondary N) is 1. The normalized spacial score (nSPS) is 11.8. The van der Waals surface area contributed by atoms with Gasteiger partial charge in [0, 0.05) is 5.69 Å². The molecule has 2 aromatic rings. The first kappa shape index (κ1) is 20.6. The molecule has 0 spiro atoms. The van der Waals surface area contributed by atoms with Crippen LogP contribution in [-0.4, -0.2) is 10.9 Å². The molecule has 0 atom stereocenters. The second kappa shape index (κ2) is 10.5. The van der Waals surface area contributed by atoms with E-state index in [2.05, 4.69) is 49.3 Å². The maximum atomic E-state index is 12.6. The third-order valence-corrected chi connectivity index (χ3v) is 4.59. The molecule has 27 heavy (non-hydrogen) atoms. The molecule has 3 heteroatoms. The molecule has 1 heterocycles. The second-order valence-electron chi connectivity index (χ2n) is 6.88. The van der Waals surface area contributed by atoms with Crippen LogP contribution in [-0.2, 0) is 6.42 Å². The van der Waals surface area contributed by atoms with E-state index in [4.69, 9.17) is 0 Å². The molecule has 0 saturated carbocycles. The van der Waals surface area contributed by atoms with Crippen molar-refractivity contribution in [2.75, 3.05) is 5.32 Å². The molecule has 0 radical (unpaired) electrons. The van der Waals surface area contributed by atoms with E-state index in [0.717, 1.165) is 29.8 Å². The molecule has 1 N–H and O–H groups in total. The minimum absolute atomic E-state index is 0.189. The molecule has 1 amide bonds. The van der Waals surface area contributed by atoms with Crippen molar-refractivity contribution >= 4 is 17.7 Å². The predicted octanol–water partition coefficient (Wildman–Crippen LogP) is 6.35. The minimum atomic E-state index is -0.189. The van der Waals surface area contributed by atoms with Crippen molar-refractivity contribution in [2.24, 2.45) is 0 Å². The Labute approximate surface area is 163 Å². The van der Waals surface area contributed by atoms with E-state index >= 15 is 0 Å². The van der Waals surface area contributed by atoms with Crippen LogP contribution in [0.4, 0.5) is 5.69 Å². The van der Waals surface area contributed by atoms with Gasteiger partial charge in [0.2, 0.25) is 0 Å². The van der Waals surface area contributed by atoms with E-state index in [1.54, 1.807) is 6.07 Å². The number of carbonyl (C=O) groups excluding carboxylic acids is 1. The smallest absolute Gasteiger partial charge is 0.274 e. The van der Waals surface area contributed by atoms with Crippen LogP contribution in [0.1, 0.15) is 67.3 Å². The molecule has 0 bridgehead atoms. The van der Waals surface area contributed by atoms with Crippen molar-refractivity contribution in [3.05, 3.63) is 76.6 Å². The lowest BCUT2D eigenvalue weighted by molar-refractivity contribution is 0.102. The number of hydrogen-bond donors (Lipinski definition) is 1. The predicted molar refractivity (Wildman–Crippen MR) is 115 cm³/mol. The number of aryl methyl sites for hydroxylation is 2. The highest BCUT2D eigenvalue weighted by Crippen LogP contribution is 2.14. The van der Waals surface area contributed by atoms with E-state index in [9.17, 15) is 4.79 Å². The van der Waals surface area contributed by atoms with Crippen molar-refractivity contribution < 1.29 is 4.79 Å². The molecule has 0 saturated heterocycles. The molecular weight excluding hydrogens is 332 g/mol. The molecule has 0 aliphatic rings. The van der Waals surface area contributed by atoms with Crippen molar-refractivity contribution in [1.29, 1.82) is 0 Å². The maximum absolute atomic E-state index is 12.6. The van der Waals surface area contributed by atoms with Crippen LogP contribution < -0.4 is 5.32 Å². The summed E-state index contributed by atoms with van der Waals surface area (Å²) < 4.78 is 0. The minimum Gasteiger partial charge on any atom is -0.321 e. The van der Waals surface area contributed by atoms with Crippen LogP contribution in [0.2, 0.25) is 0 Å². The Bertz CT molecular complexity index is 817. The number of nitrogens with zero attached hydrogens (tertiary/aromatic N) is 1. The molecule has 0 unspecified atom stereocenters. The van der Waals surface area contributed by atoms with Gasteiger partial charge in [-0.2, -0.15) is 0 Å². The summed E-state index contributed by atoms with van der Waals surface area (Å²) in [4.78, 5) is 17.1. The number of rotatable bonds is 8. The standard InChI is InChI=1S/C24H30N2O/c1-5-7-10-20-13-15-21(16-14-20)25-24(27)23-17-12-19(4)22(26-23)11-8-9-18(3)6-2/h8-9,11-17H,5-7,10H2,1-4H3,(H,25,27)/b11-8-,18-9+. The van der Waals surface area contributed by atoms with Crippen molar-refractivity contribution in [3.63, 3.8) is 0 Å². The summed E-state index contributed by atoms with van der Waals surface area (Å²) in [6, 6.07) is 11.8. The molecular formula is C24H30N2O. The van der Waals surface area contributed by atoms with Crippen LogP contribution >= 0.6 is 0 Å². The second-order valence-corrected chi connectivity index (χ2v) is 6.88. The largest absolute Gasteiger partial charge is 0.321 e. The number of amides is 1. The zero-order valence-corrected chi connectivity index (χ0v) is 16.9. The summed E-state index contributed by atoms with van der Waals surface area (Å²) in [5.74, 6) is -0.189. The van der Waals surface area contributed by atoms with Crippen molar-refractivity contribution in [2.45, 2.75) is 53.4 Å². The SMILES string of the molecule is CCCCc1ccc(NC(=O)c2ccc(C)c(/C=C\C=C(/C)CC)n2)cc1. The van der Waals surface area contributed by atoms with E-state index in [1.165, 1.54) is 24.0 Å². The van der Waals surface area contributed by atoms with Crippen molar-refractivity contribution in [1.82, 2.24) is 4.98 Å². The highest BCUT2D eigenvalue weighted by Gasteiger charge is 2.09. The number of pyridine rings is 1. The number of allylic oxidation sites excluding steroid dienone is 3. The molecule has 2 rings (SSSR count). The Morgan fingerprint density at radius 2 is 1.85 bits per heavy atom. The molecule has 0 fully saturated rings. The Hall–Kier alpha value is -2.68. The van der Waals surface area contributed by atoms with Gasteiger partial charge >= 0.3 is 0 Å². The van der Waals surface area contributed by atoms with Gasteiger partial charge in [0.15, 0.2) is 0 Å². The average molecular weight is 363 g/mol. The maximum Gasteiger partial charge on any atom is 0.274 e. The lowest BCUT2D eigenvalue weighted by atomic mass is 10.1. The van der Waals surface area contributed by atoms with Gasteiger partial charge in [-0.25, -0.2) is 4.98 Å². The van der Waals surface area contributed by atoms with Crippen LogP contribution in [0.25, 0.3) is 6.08 Å². The van der Waals surface area contributed by atoms with Gasteiger partial charge in [-0.1, -0.05) is 56.2 Å². The van der Waals surface area contributed by atoms with E-state index < -0.39 is 0 Å². The summed E-state index contributed by atoms with van der Waals surface area (Å²) in [5.41, 5.74) is 5.68. The molecule has 1 aromatic heterocycles. The van der Waals surface area contributed by atoms with Gasteiger partial charge in [0.25, 0.3) is 5.91 Å². The van der Waals surface area contributed by atoms with Crippen LogP contribution in [0.5, 0.6) is 0 Å². The van der Waals surface area contributed by atoms with E-state index in [-0.39, 0.29) is 5.91 Å². The third kappa shape index (κ3) is 6.52. The molecule has 3 nitrogen and oxygen atoms in total. The Morgan fingerprint density at radius 3 is 2.52 bits per heavy atom. The van der Waals surface area contributed by atoms with Crippen LogP contribution in [0, 0.1) is 6.92 Å². The monoisotopic (exact) mass is 362 g/mol. The highest BCUT2D eigenvalue weighted by atomic mass is 16.1. The van der Waals surface area contributed by atoms with Crippen LogP contribution in [0.15, 0.2) is 54.1 Å². The number of carbonyl (C=O) groups is 1. The van der Waals surface area contributed by atoms with Crippen molar-refractivity contribution in [3.8, 4) is 0 Å². The Kier molecular flexibility index (Phi) is 8.00. The quantitative estimate of drug-likeness (QED) is 0.556. The summed E-state index contributed by atoms with van der Waals surface area (Å²) in [7, 11) is 0. The Balaban J connectivity index is 2.09.